The molecule has 2 unspecified atom stereocenters. The van der Waals surface area contributed by atoms with Crippen LogP contribution in [0.4, 0.5) is 0 Å². The summed E-state index contributed by atoms with van der Waals surface area (Å²) in [5.41, 5.74) is 3.56. The summed E-state index contributed by atoms with van der Waals surface area (Å²) in [6.07, 6.45) is 20.4. The maximum absolute atomic E-state index is 11.8. The normalized spacial score (nSPS) is 36.1. The molecule has 4 rings (SSSR count). The van der Waals surface area contributed by atoms with E-state index >= 15 is 0 Å². The summed E-state index contributed by atoms with van der Waals surface area (Å²) < 4.78 is 0. The van der Waals surface area contributed by atoms with Gasteiger partial charge < -0.3 is 10.2 Å². The van der Waals surface area contributed by atoms with Crippen LogP contribution in [0.1, 0.15) is 130 Å². The van der Waals surface area contributed by atoms with E-state index in [9.17, 15) is 14.7 Å². The summed E-state index contributed by atoms with van der Waals surface area (Å²) in [5, 5.41) is 18.5. The third-order valence-electron chi connectivity index (χ3n) is 12.4. The molecule has 0 aromatic heterocycles. The summed E-state index contributed by atoms with van der Waals surface area (Å²) >= 11 is 0. The number of hydrogen-bond acceptors (Lipinski definition) is 2. The Bertz CT molecular complexity index is 935. The van der Waals surface area contributed by atoms with E-state index in [0.29, 0.717) is 29.6 Å². The Balaban J connectivity index is 1.27. The molecular formula is C35H56O4. The Kier molecular flexibility index (Phi) is 9.75. The van der Waals surface area contributed by atoms with Gasteiger partial charge in [-0.2, -0.15) is 0 Å². The van der Waals surface area contributed by atoms with E-state index in [-0.39, 0.29) is 6.42 Å². The minimum absolute atomic E-state index is 0.0178. The van der Waals surface area contributed by atoms with Crippen molar-refractivity contribution in [1.29, 1.82) is 0 Å². The second kappa shape index (κ2) is 12.5. The molecular weight excluding hydrogens is 484 g/mol. The van der Waals surface area contributed by atoms with Gasteiger partial charge in [0.1, 0.15) is 0 Å². The van der Waals surface area contributed by atoms with E-state index in [1.54, 1.807) is 0 Å². The molecule has 220 valence electrons. The second-order valence-electron chi connectivity index (χ2n) is 14.7. The fourth-order valence-electron chi connectivity index (χ4n) is 10.3. The molecule has 4 nitrogen and oxygen atoms in total. The van der Waals surface area contributed by atoms with Crippen molar-refractivity contribution in [3.63, 3.8) is 0 Å². The molecule has 0 heterocycles. The monoisotopic (exact) mass is 540 g/mol. The molecule has 0 aromatic rings. The van der Waals surface area contributed by atoms with Crippen molar-refractivity contribution in [2.45, 2.75) is 130 Å². The number of hydrogen-bond donors (Lipinski definition) is 2. The van der Waals surface area contributed by atoms with Crippen LogP contribution in [0.15, 0.2) is 23.8 Å². The Morgan fingerprint density at radius 2 is 1.77 bits per heavy atom. The zero-order valence-electron chi connectivity index (χ0n) is 25.4. The standard InChI is InChI=1S/C35H56O4/c1-23(22-25(3)27(33(38)39)13-9-14-32(36)37)10-8-11-24(2)29-17-18-30-28-16-15-26-12-6-7-20-34(26,4)31(28)19-21-35(29,30)5/h15,23-24,27-31H,3,6-14,16-22H2,1-2,4-5H3,(H,36,37)(H,38,39)/t23?,24-,27?,28+,29-,30+,31+,34+,35-/m1/s1. The molecule has 9 atom stereocenters. The van der Waals surface area contributed by atoms with Crippen LogP contribution in [0.2, 0.25) is 0 Å². The zero-order valence-corrected chi connectivity index (χ0v) is 25.4. The van der Waals surface area contributed by atoms with E-state index in [1.165, 1.54) is 70.6 Å². The van der Waals surface area contributed by atoms with E-state index in [4.69, 9.17) is 5.11 Å². The van der Waals surface area contributed by atoms with Gasteiger partial charge in [0.05, 0.1) is 5.92 Å². The lowest BCUT2D eigenvalue weighted by molar-refractivity contribution is -0.142. The topological polar surface area (TPSA) is 74.6 Å². The quantitative estimate of drug-likeness (QED) is 0.228. The maximum Gasteiger partial charge on any atom is 0.310 e. The summed E-state index contributed by atoms with van der Waals surface area (Å²) in [6.45, 7) is 14.1. The lowest BCUT2D eigenvalue weighted by atomic mass is 9.47. The molecule has 3 saturated carbocycles. The van der Waals surface area contributed by atoms with E-state index in [2.05, 4.69) is 40.3 Å². The molecule has 0 bridgehead atoms. The fourth-order valence-corrected chi connectivity index (χ4v) is 10.3. The van der Waals surface area contributed by atoms with Crippen LogP contribution in [0.3, 0.4) is 0 Å². The van der Waals surface area contributed by atoms with Gasteiger partial charge in [-0.15, -0.1) is 0 Å². The molecule has 4 aliphatic rings. The summed E-state index contributed by atoms with van der Waals surface area (Å²) in [4.78, 5) is 22.6. The van der Waals surface area contributed by atoms with E-state index in [1.807, 2.05) is 5.57 Å². The van der Waals surface area contributed by atoms with Gasteiger partial charge in [0.25, 0.3) is 0 Å². The first-order valence-electron chi connectivity index (χ1n) is 16.3. The molecule has 0 aliphatic heterocycles. The molecule has 3 fully saturated rings. The molecule has 4 heteroatoms. The van der Waals surface area contributed by atoms with Crippen molar-refractivity contribution in [3.05, 3.63) is 23.8 Å². The second-order valence-corrected chi connectivity index (χ2v) is 14.7. The minimum atomic E-state index is -0.869. The van der Waals surface area contributed by atoms with Crippen LogP contribution < -0.4 is 0 Å². The Morgan fingerprint density at radius 1 is 1.00 bits per heavy atom. The molecule has 0 amide bonds. The van der Waals surface area contributed by atoms with Crippen molar-refractivity contribution < 1.29 is 19.8 Å². The smallest absolute Gasteiger partial charge is 0.310 e. The predicted molar refractivity (Wildman–Crippen MR) is 158 cm³/mol. The average molecular weight is 541 g/mol. The van der Waals surface area contributed by atoms with Crippen molar-refractivity contribution in [2.24, 2.45) is 52.3 Å². The van der Waals surface area contributed by atoms with Crippen LogP contribution in [0.25, 0.3) is 0 Å². The highest BCUT2D eigenvalue weighted by Crippen LogP contribution is 2.67. The number of carboxylic acid groups (broad SMARTS) is 2. The number of carbonyl (C=O) groups is 2. The van der Waals surface area contributed by atoms with Gasteiger partial charge in [-0.3, -0.25) is 9.59 Å². The first kappa shape index (κ1) is 30.4. The Morgan fingerprint density at radius 3 is 2.49 bits per heavy atom. The van der Waals surface area contributed by atoms with E-state index < -0.39 is 17.9 Å². The number of rotatable bonds is 13. The van der Waals surface area contributed by atoms with Gasteiger partial charge in [0.2, 0.25) is 0 Å². The van der Waals surface area contributed by atoms with Gasteiger partial charge in [-0.25, -0.2) is 0 Å². The molecule has 39 heavy (non-hydrogen) atoms. The molecule has 0 saturated heterocycles. The van der Waals surface area contributed by atoms with E-state index in [0.717, 1.165) is 48.0 Å². The summed E-state index contributed by atoms with van der Waals surface area (Å²) in [7, 11) is 0. The maximum atomic E-state index is 11.8. The van der Waals surface area contributed by atoms with Crippen LogP contribution in [0, 0.1) is 52.3 Å². The van der Waals surface area contributed by atoms with Crippen molar-refractivity contribution in [2.75, 3.05) is 0 Å². The lowest BCUT2D eigenvalue weighted by Gasteiger charge is -2.58. The highest BCUT2D eigenvalue weighted by atomic mass is 16.4. The van der Waals surface area contributed by atoms with Gasteiger partial charge >= 0.3 is 11.9 Å². The number of aliphatic carboxylic acids is 2. The number of fused-ring (bicyclic) bond motifs is 5. The Labute approximate surface area is 238 Å². The number of allylic oxidation sites excluding steroid dienone is 2. The molecule has 0 radical (unpaired) electrons. The van der Waals surface area contributed by atoms with Gasteiger partial charge in [-0.05, 0) is 117 Å². The SMILES string of the molecule is C=C(CC(C)CCC[C@@H](C)[C@H]1CC[C@H]2[C@@H]3CC=C4CCCC[C@]4(C)[C@H]3CC[C@]12C)C(CCCC(=O)O)C(=O)O. The molecule has 4 aliphatic carbocycles. The molecule has 2 N–H and O–H groups in total. The van der Waals surface area contributed by atoms with Crippen LogP contribution in [0.5, 0.6) is 0 Å². The number of carboxylic acids is 2. The first-order valence-corrected chi connectivity index (χ1v) is 16.3. The molecule has 0 spiro atoms. The van der Waals surface area contributed by atoms with Crippen molar-refractivity contribution in [1.82, 2.24) is 0 Å². The third kappa shape index (κ3) is 6.35. The predicted octanol–water partition coefficient (Wildman–Crippen LogP) is 9.30. The van der Waals surface area contributed by atoms with Crippen LogP contribution >= 0.6 is 0 Å². The highest BCUT2D eigenvalue weighted by molar-refractivity contribution is 5.73. The largest absolute Gasteiger partial charge is 0.481 e. The average Bonchev–Trinajstić information content (AvgIpc) is 3.23. The fraction of sp³-hybridized carbons (Fsp3) is 0.829. The van der Waals surface area contributed by atoms with Gasteiger partial charge in [0, 0.05) is 6.42 Å². The lowest BCUT2D eigenvalue weighted by Crippen LogP contribution is -2.50. The van der Waals surface area contributed by atoms with Crippen molar-refractivity contribution in [3.8, 4) is 0 Å². The van der Waals surface area contributed by atoms with Crippen LogP contribution in [-0.2, 0) is 9.59 Å². The highest BCUT2D eigenvalue weighted by Gasteiger charge is 2.58. The summed E-state index contributed by atoms with van der Waals surface area (Å²) in [6, 6.07) is 0. The van der Waals surface area contributed by atoms with Crippen molar-refractivity contribution >= 4 is 11.9 Å². The first-order chi connectivity index (χ1) is 18.5. The van der Waals surface area contributed by atoms with Gasteiger partial charge in [0.15, 0.2) is 0 Å². The zero-order chi connectivity index (χ0) is 28.4. The van der Waals surface area contributed by atoms with Gasteiger partial charge in [-0.1, -0.05) is 77.2 Å². The molecule has 0 aromatic carbocycles. The Hall–Kier alpha value is -1.58. The van der Waals surface area contributed by atoms with Crippen LogP contribution in [-0.4, -0.2) is 22.2 Å². The summed E-state index contributed by atoms with van der Waals surface area (Å²) in [5.74, 6) is 2.34. The third-order valence-corrected chi connectivity index (χ3v) is 12.4. The minimum Gasteiger partial charge on any atom is -0.481 e.